The van der Waals surface area contributed by atoms with Gasteiger partial charge in [-0.1, -0.05) is 67.6 Å². The van der Waals surface area contributed by atoms with Crippen molar-refractivity contribution >= 4 is 29.9 Å². The molecule has 0 bridgehead atoms. The summed E-state index contributed by atoms with van der Waals surface area (Å²) in [4.78, 5) is 4.38. The molecule has 0 aliphatic heterocycles. The molecule has 0 saturated heterocycles. The predicted octanol–water partition coefficient (Wildman–Crippen LogP) is 3.60. The maximum Gasteiger partial charge on any atom is 0.188 e. The van der Waals surface area contributed by atoms with E-state index in [1.807, 2.05) is 36.4 Å². The zero-order valence-electron chi connectivity index (χ0n) is 14.7. The number of hydrogen-bond donors (Lipinski definition) is 2. The molecular formula is C20H28IN3O. The van der Waals surface area contributed by atoms with Crippen LogP contribution < -0.4 is 11.1 Å². The van der Waals surface area contributed by atoms with Crippen LogP contribution in [0, 0.1) is 5.92 Å². The van der Waals surface area contributed by atoms with Crippen LogP contribution in [0.4, 0.5) is 0 Å². The molecule has 0 saturated carbocycles. The lowest BCUT2D eigenvalue weighted by Gasteiger charge is -2.11. The molecule has 1 atom stereocenters. The van der Waals surface area contributed by atoms with Gasteiger partial charge in [0.05, 0.1) is 13.2 Å². The van der Waals surface area contributed by atoms with Crippen molar-refractivity contribution in [2.24, 2.45) is 16.6 Å². The molecule has 4 nitrogen and oxygen atoms in total. The molecule has 5 heteroatoms. The first-order chi connectivity index (χ1) is 11.7. The molecule has 136 valence electrons. The van der Waals surface area contributed by atoms with Crippen molar-refractivity contribution in [1.29, 1.82) is 0 Å². The number of halogens is 1. The summed E-state index contributed by atoms with van der Waals surface area (Å²) >= 11 is 0. The quantitative estimate of drug-likeness (QED) is 0.347. The molecule has 0 aliphatic rings. The smallest absolute Gasteiger partial charge is 0.188 e. The van der Waals surface area contributed by atoms with E-state index in [1.54, 1.807) is 0 Å². The van der Waals surface area contributed by atoms with Gasteiger partial charge in [-0.2, -0.15) is 0 Å². The van der Waals surface area contributed by atoms with Crippen molar-refractivity contribution < 1.29 is 4.74 Å². The van der Waals surface area contributed by atoms with Crippen LogP contribution in [0.5, 0.6) is 0 Å². The van der Waals surface area contributed by atoms with Gasteiger partial charge in [0.25, 0.3) is 0 Å². The predicted molar refractivity (Wildman–Crippen MR) is 115 cm³/mol. The molecule has 0 spiro atoms. The second kappa shape index (κ2) is 12.7. The average molecular weight is 453 g/mol. The van der Waals surface area contributed by atoms with Crippen LogP contribution in [0.25, 0.3) is 0 Å². The number of ether oxygens (including phenoxy) is 1. The minimum absolute atomic E-state index is 0. The van der Waals surface area contributed by atoms with E-state index in [9.17, 15) is 0 Å². The zero-order valence-corrected chi connectivity index (χ0v) is 17.1. The van der Waals surface area contributed by atoms with Gasteiger partial charge in [0, 0.05) is 13.1 Å². The fourth-order valence-corrected chi connectivity index (χ4v) is 2.29. The second-order valence-corrected chi connectivity index (χ2v) is 5.99. The van der Waals surface area contributed by atoms with Gasteiger partial charge in [-0.3, -0.25) is 4.99 Å². The number of nitrogens with one attached hydrogen (secondary N) is 1. The van der Waals surface area contributed by atoms with E-state index in [1.165, 1.54) is 11.1 Å². The number of aliphatic imine (C=N–C) groups is 1. The molecule has 25 heavy (non-hydrogen) atoms. The van der Waals surface area contributed by atoms with Crippen LogP contribution in [0.15, 0.2) is 65.7 Å². The largest absolute Gasteiger partial charge is 0.376 e. The molecule has 1 unspecified atom stereocenters. The Balaban J connectivity index is 0.00000312. The van der Waals surface area contributed by atoms with Gasteiger partial charge in [-0.05, 0) is 23.5 Å². The molecule has 2 aromatic rings. The highest BCUT2D eigenvalue weighted by molar-refractivity contribution is 14.0. The lowest BCUT2D eigenvalue weighted by Crippen LogP contribution is -2.33. The Hall–Kier alpha value is -1.60. The topological polar surface area (TPSA) is 59.6 Å². The molecular weight excluding hydrogens is 425 g/mol. The minimum Gasteiger partial charge on any atom is -0.376 e. The number of hydrogen-bond acceptors (Lipinski definition) is 2. The third-order valence-corrected chi connectivity index (χ3v) is 3.65. The van der Waals surface area contributed by atoms with E-state index in [-0.39, 0.29) is 24.0 Å². The number of benzene rings is 2. The molecule has 0 aliphatic carbocycles. The Bertz CT molecular complexity index is 605. The fourth-order valence-electron chi connectivity index (χ4n) is 2.29. The third kappa shape index (κ3) is 9.45. The Morgan fingerprint density at radius 3 is 2.28 bits per heavy atom. The molecule has 2 aromatic carbocycles. The van der Waals surface area contributed by atoms with E-state index in [0.717, 1.165) is 13.0 Å². The molecule has 0 amide bonds. The monoisotopic (exact) mass is 453 g/mol. The normalized spacial score (nSPS) is 12.3. The standard InChI is InChI=1S/C20H27N3O.HI/c1-17(15-24-16-19-10-6-3-7-11-19)14-23-20(21)22-13-12-18-8-4-2-5-9-18;/h2-11,17H,12-16H2,1H3,(H3,21,22,23);1H. The highest BCUT2D eigenvalue weighted by Gasteiger charge is 2.02. The van der Waals surface area contributed by atoms with Gasteiger partial charge >= 0.3 is 0 Å². The minimum atomic E-state index is 0. The van der Waals surface area contributed by atoms with Crippen LogP contribution in [0.1, 0.15) is 18.1 Å². The van der Waals surface area contributed by atoms with Crippen LogP contribution in [0.3, 0.4) is 0 Å². The van der Waals surface area contributed by atoms with Gasteiger partial charge in [0.1, 0.15) is 0 Å². The van der Waals surface area contributed by atoms with Crippen molar-refractivity contribution in [2.45, 2.75) is 20.0 Å². The van der Waals surface area contributed by atoms with Gasteiger partial charge in [0.15, 0.2) is 5.96 Å². The van der Waals surface area contributed by atoms with Crippen molar-refractivity contribution in [3.8, 4) is 0 Å². The maximum absolute atomic E-state index is 5.90. The lowest BCUT2D eigenvalue weighted by molar-refractivity contribution is 0.0945. The van der Waals surface area contributed by atoms with Crippen molar-refractivity contribution in [1.82, 2.24) is 5.32 Å². The molecule has 0 heterocycles. The van der Waals surface area contributed by atoms with E-state index in [4.69, 9.17) is 10.5 Å². The van der Waals surface area contributed by atoms with Gasteiger partial charge in [-0.15, -0.1) is 24.0 Å². The second-order valence-electron chi connectivity index (χ2n) is 5.99. The number of rotatable bonds is 9. The van der Waals surface area contributed by atoms with E-state index in [2.05, 4.69) is 41.5 Å². The highest BCUT2D eigenvalue weighted by Crippen LogP contribution is 2.03. The Labute approximate surface area is 167 Å². The first kappa shape index (κ1) is 21.4. The van der Waals surface area contributed by atoms with Crippen molar-refractivity contribution in [2.75, 3.05) is 19.7 Å². The average Bonchev–Trinajstić information content (AvgIpc) is 2.62. The summed E-state index contributed by atoms with van der Waals surface area (Å²) in [7, 11) is 0. The SMILES string of the molecule is CC(CN=C(N)NCCc1ccccc1)COCc1ccccc1.I. The number of nitrogens with two attached hydrogens (primary N) is 1. The molecule has 0 fully saturated rings. The van der Waals surface area contributed by atoms with Crippen LogP contribution in [0.2, 0.25) is 0 Å². The van der Waals surface area contributed by atoms with E-state index < -0.39 is 0 Å². The van der Waals surface area contributed by atoms with Crippen LogP contribution in [-0.2, 0) is 17.8 Å². The zero-order chi connectivity index (χ0) is 17.0. The number of nitrogens with zero attached hydrogens (tertiary/aromatic N) is 1. The van der Waals surface area contributed by atoms with E-state index >= 15 is 0 Å². The van der Waals surface area contributed by atoms with Crippen molar-refractivity contribution in [3.63, 3.8) is 0 Å². The Morgan fingerprint density at radius 2 is 1.64 bits per heavy atom. The first-order valence-corrected chi connectivity index (χ1v) is 8.43. The highest BCUT2D eigenvalue weighted by atomic mass is 127. The summed E-state index contributed by atoms with van der Waals surface area (Å²) in [5.41, 5.74) is 8.39. The fraction of sp³-hybridized carbons (Fsp3) is 0.350. The Kier molecular flexibility index (Phi) is 10.9. The molecule has 3 N–H and O–H groups in total. The molecule has 0 aromatic heterocycles. The molecule has 0 radical (unpaired) electrons. The first-order valence-electron chi connectivity index (χ1n) is 8.43. The summed E-state index contributed by atoms with van der Waals surface area (Å²) < 4.78 is 5.72. The van der Waals surface area contributed by atoms with Crippen molar-refractivity contribution in [3.05, 3.63) is 71.8 Å². The van der Waals surface area contributed by atoms with Gasteiger partial charge in [0.2, 0.25) is 0 Å². The lowest BCUT2D eigenvalue weighted by atomic mass is 10.1. The summed E-state index contributed by atoms with van der Waals surface area (Å²) in [6.45, 7) is 4.89. The van der Waals surface area contributed by atoms with Gasteiger partial charge in [-0.25, -0.2) is 0 Å². The van der Waals surface area contributed by atoms with Crippen LogP contribution in [-0.4, -0.2) is 25.7 Å². The summed E-state index contributed by atoms with van der Waals surface area (Å²) in [5.74, 6) is 0.837. The summed E-state index contributed by atoms with van der Waals surface area (Å²) in [6, 6.07) is 20.5. The maximum atomic E-state index is 5.90. The third-order valence-electron chi connectivity index (χ3n) is 3.65. The number of guanidine groups is 1. The Morgan fingerprint density at radius 1 is 1.04 bits per heavy atom. The van der Waals surface area contributed by atoms with Crippen LogP contribution >= 0.6 is 24.0 Å². The van der Waals surface area contributed by atoms with Gasteiger partial charge < -0.3 is 15.8 Å². The molecule has 2 rings (SSSR count). The summed E-state index contributed by atoms with van der Waals surface area (Å²) in [5, 5.41) is 3.16. The van der Waals surface area contributed by atoms with E-state index in [0.29, 0.717) is 31.6 Å². The summed E-state index contributed by atoms with van der Waals surface area (Å²) in [6.07, 6.45) is 0.937.